The molecule has 2 amide bonds. The molecule has 7 heteroatoms. The highest BCUT2D eigenvalue weighted by Crippen LogP contribution is 2.61. The molecule has 4 aliphatic carbocycles. The fourth-order valence-corrected chi connectivity index (χ4v) is 8.03. The summed E-state index contributed by atoms with van der Waals surface area (Å²) in [6.07, 6.45) is 12.3. The average molecular weight is 465 g/mol. The number of amides is 2. The van der Waals surface area contributed by atoms with E-state index < -0.39 is 0 Å². The van der Waals surface area contributed by atoms with E-state index in [9.17, 15) is 9.59 Å². The molecule has 4 bridgehead atoms. The molecule has 7 rings (SSSR count). The molecule has 1 saturated heterocycles. The molecule has 0 spiro atoms. The molecule has 0 radical (unpaired) electrons. The van der Waals surface area contributed by atoms with Gasteiger partial charge in [-0.15, -0.1) is 0 Å². The number of methoxy groups -OCH3 is 1. The van der Waals surface area contributed by atoms with E-state index in [0.29, 0.717) is 42.6 Å². The van der Waals surface area contributed by atoms with Crippen molar-refractivity contribution in [2.45, 2.75) is 57.8 Å². The van der Waals surface area contributed by atoms with Gasteiger partial charge in [0.2, 0.25) is 5.91 Å². The smallest absolute Gasteiger partial charge is 0.274 e. The predicted molar refractivity (Wildman–Crippen MR) is 130 cm³/mol. The quantitative estimate of drug-likeness (QED) is 0.688. The fourth-order valence-electron chi connectivity index (χ4n) is 8.03. The normalized spacial score (nSPS) is 32.3. The molecule has 5 aliphatic rings. The van der Waals surface area contributed by atoms with Crippen molar-refractivity contribution in [2.24, 2.45) is 29.1 Å². The van der Waals surface area contributed by atoms with E-state index in [4.69, 9.17) is 4.74 Å². The Morgan fingerprint density at radius 3 is 2.59 bits per heavy atom. The highest BCUT2D eigenvalue weighted by Gasteiger charge is 2.51. The number of nitrogens with one attached hydrogen (secondary N) is 1. The van der Waals surface area contributed by atoms with Crippen molar-refractivity contribution >= 4 is 23.3 Å². The maximum atomic E-state index is 13.2. The van der Waals surface area contributed by atoms with Gasteiger partial charge >= 0.3 is 0 Å². The number of carbonyl (C=O) groups excluding carboxylic acids is 2. The minimum atomic E-state index is -0.0460. The number of rotatable bonds is 6. The molecule has 1 aliphatic heterocycles. The molecule has 34 heavy (non-hydrogen) atoms. The molecule has 2 aromatic rings. The number of anilines is 1. The van der Waals surface area contributed by atoms with E-state index in [1.54, 1.807) is 13.3 Å². The van der Waals surface area contributed by atoms with Gasteiger partial charge in [-0.25, -0.2) is 4.98 Å². The van der Waals surface area contributed by atoms with Gasteiger partial charge in [-0.1, -0.05) is 6.07 Å². The van der Waals surface area contributed by atoms with Gasteiger partial charge < -0.3 is 15.0 Å². The Labute approximate surface area is 201 Å². The highest BCUT2D eigenvalue weighted by atomic mass is 16.5. The van der Waals surface area contributed by atoms with Crippen LogP contribution in [0, 0.1) is 29.1 Å². The van der Waals surface area contributed by atoms with Crippen molar-refractivity contribution in [2.75, 3.05) is 32.1 Å². The Balaban J connectivity index is 1.17. The third-order valence-corrected chi connectivity index (χ3v) is 8.89. The zero-order valence-corrected chi connectivity index (χ0v) is 20.2. The van der Waals surface area contributed by atoms with Crippen LogP contribution < -0.4 is 5.32 Å². The van der Waals surface area contributed by atoms with Gasteiger partial charge in [0.05, 0.1) is 6.61 Å². The number of likely N-dealkylation sites (tertiary alicyclic amines) is 1. The molecule has 7 nitrogen and oxygen atoms in total. The third-order valence-electron chi connectivity index (χ3n) is 8.89. The first kappa shape index (κ1) is 22.1. The minimum absolute atomic E-state index is 0.0460. The lowest BCUT2D eigenvalue weighted by Crippen LogP contribution is -2.47. The van der Waals surface area contributed by atoms with Gasteiger partial charge in [-0.2, -0.15) is 0 Å². The van der Waals surface area contributed by atoms with Crippen LogP contribution in [-0.4, -0.2) is 52.9 Å². The molecule has 2 aromatic heterocycles. The third kappa shape index (κ3) is 4.12. The minimum Gasteiger partial charge on any atom is -0.384 e. The summed E-state index contributed by atoms with van der Waals surface area (Å²) >= 11 is 0. The number of imidazole rings is 1. The average Bonchev–Trinajstić information content (AvgIpc) is 3.23. The van der Waals surface area contributed by atoms with E-state index in [1.807, 2.05) is 27.5 Å². The Hall–Kier alpha value is -2.41. The zero-order chi connectivity index (χ0) is 23.3. The highest BCUT2D eigenvalue weighted by molar-refractivity contribution is 5.94. The van der Waals surface area contributed by atoms with Crippen molar-refractivity contribution in [3.8, 4) is 0 Å². The second kappa shape index (κ2) is 8.67. The van der Waals surface area contributed by atoms with Crippen LogP contribution in [0.25, 0.3) is 5.65 Å². The second-order valence-corrected chi connectivity index (χ2v) is 11.6. The standard InChI is InChI=1S/C27H36N4O3/c1-34-17-18-4-3-7-30(15-18)26(33)22-16-31-23(28-22)5-2-6-24(31)29-25(32)14-27-11-19-8-20(12-27)10-21(9-19)13-27/h2,5-6,16,18-21H,3-4,7-15,17H2,1H3,(H,29,32). The van der Waals surface area contributed by atoms with Gasteiger partial charge in [-0.05, 0) is 92.6 Å². The summed E-state index contributed by atoms with van der Waals surface area (Å²) in [6.45, 7) is 2.13. The number of piperidine rings is 1. The van der Waals surface area contributed by atoms with Crippen LogP contribution in [-0.2, 0) is 9.53 Å². The Kier molecular flexibility index (Phi) is 5.63. The van der Waals surface area contributed by atoms with E-state index in [2.05, 4.69) is 10.3 Å². The molecule has 1 unspecified atom stereocenters. The van der Waals surface area contributed by atoms with Gasteiger partial charge in [0.15, 0.2) is 0 Å². The van der Waals surface area contributed by atoms with Crippen molar-refractivity contribution < 1.29 is 14.3 Å². The van der Waals surface area contributed by atoms with Crippen molar-refractivity contribution in [1.29, 1.82) is 0 Å². The summed E-state index contributed by atoms with van der Waals surface area (Å²) in [7, 11) is 1.71. The Bertz CT molecular complexity index is 1060. The number of fused-ring (bicyclic) bond motifs is 1. The number of aromatic nitrogens is 2. The van der Waals surface area contributed by atoms with Crippen molar-refractivity contribution in [3.63, 3.8) is 0 Å². The van der Waals surface area contributed by atoms with Crippen molar-refractivity contribution in [1.82, 2.24) is 14.3 Å². The van der Waals surface area contributed by atoms with Crippen LogP contribution in [0.2, 0.25) is 0 Å². The monoisotopic (exact) mass is 464 g/mol. The van der Waals surface area contributed by atoms with E-state index in [0.717, 1.165) is 37.1 Å². The first-order valence-electron chi connectivity index (χ1n) is 13.1. The topological polar surface area (TPSA) is 75.9 Å². The van der Waals surface area contributed by atoms with Crippen LogP contribution in [0.15, 0.2) is 24.4 Å². The lowest BCUT2D eigenvalue weighted by Gasteiger charge is -2.56. The van der Waals surface area contributed by atoms with Gasteiger partial charge in [-0.3, -0.25) is 14.0 Å². The van der Waals surface area contributed by atoms with Gasteiger partial charge in [0.25, 0.3) is 5.91 Å². The maximum Gasteiger partial charge on any atom is 0.274 e. The van der Waals surface area contributed by atoms with Gasteiger partial charge in [0, 0.05) is 32.8 Å². The lowest BCUT2D eigenvalue weighted by atomic mass is 9.49. The molecule has 1 atom stereocenters. The zero-order valence-electron chi connectivity index (χ0n) is 20.2. The number of nitrogens with zero attached hydrogens (tertiary/aromatic N) is 3. The van der Waals surface area contributed by atoms with Crippen LogP contribution in [0.3, 0.4) is 0 Å². The second-order valence-electron chi connectivity index (χ2n) is 11.6. The Morgan fingerprint density at radius 2 is 1.88 bits per heavy atom. The molecule has 1 N–H and O–H groups in total. The van der Waals surface area contributed by atoms with Gasteiger partial charge in [0.1, 0.15) is 17.2 Å². The first-order chi connectivity index (χ1) is 16.5. The molecule has 0 aromatic carbocycles. The summed E-state index contributed by atoms with van der Waals surface area (Å²) in [6, 6.07) is 5.68. The SMILES string of the molecule is COCC1CCCN(C(=O)c2cn3c(NC(=O)CC45CC6CC(CC(C6)C4)C5)cccc3n2)C1. The van der Waals surface area contributed by atoms with E-state index in [1.165, 1.54) is 38.5 Å². The summed E-state index contributed by atoms with van der Waals surface area (Å²) in [5.41, 5.74) is 1.32. The molecular weight excluding hydrogens is 428 g/mol. The summed E-state index contributed by atoms with van der Waals surface area (Å²) in [5, 5.41) is 3.16. The lowest BCUT2D eigenvalue weighted by molar-refractivity contribution is -0.124. The number of carbonyl (C=O) groups is 2. The van der Waals surface area contributed by atoms with Crippen molar-refractivity contribution in [3.05, 3.63) is 30.1 Å². The first-order valence-corrected chi connectivity index (χ1v) is 13.1. The largest absolute Gasteiger partial charge is 0.384 e. The number of hydrogen-bond acceptors (Lipinski definition) is 4. The summed E-state index contributed by atoms with van der Waals surface area (Å²) < 4.78 is 7.15. The van der Waals surface area contributed by atoms with E-state index in [-0.39, 0.29) is 17.2 Å². The van der Waals surface area contributed by atoms with E-state index >= 15 is 0 Å². The van der Waals surface area contributed by atoms with Crippen LogP contribution in [0.4, 0.5) is 5.82 Å². The molecule has 4 saturated carbocycles. The maximum absolute atomic E-state index is 13.2. The number of hydrogen-bond donors (Lipinski definition) is 1. The molecule has 182 valence electrons. The fraction of sp³-hybridized carbons (Fsp3) is 0.667. The number of pyridine rings is 1. The molecular formula is C27H36N4O3. The van der Waals surface area contributed by atoms with Crippen LogP contribution >= 0.6 is 0 Å². The van der Waals surface area contributed by atoms with Crippen LogP contribution in [0.1, 0.15) is 68.3 Å². The van der Waals surface area contributed by atoms with Crippen LogP contribution in [0.5, 0.6) is 0 Å². The number of ether oxygens (including phenoxy) is 1. The molecule has 3 heterocycles. The molecule has 5 fully saturated rings. The Morgan fingerprint density at radius 1 is 1.15 bits per heavy atom. The summed E-state index contributed by atoms with van der Waals surface area (Å²) in [4.78, 5) is 32.9. The summed E-state index contributed by atoms with van der Waals surface area (Å²) in [5.74, 6) is 3.62. The predicted octanol–water partition coefficient (Wildman–Crippen LogP) is 4.38.